The molecule has 1 fully saturated rings. The van der Waals surface area contributed by atoms with Crippen molar-refractivity contribution in [3.8, 4) is 0 Å². The Balaban J connectivity index is 2.13. The van der Waals surface area contributed by atoms with Crippen molar-refractivity contribution in [2.75, 3.05) is 26.3 Å². The van der Waals surface area contributed by atoms with Gasteiger partial charge in [0.1, 0.15) is 0 Å². The van der Waals surface area contributed by atoms with Crippen LogP contribution in [0.1, 0.15) is 20.3 Å². The van der Waals surface area contributed by atoms with Crippen molar-refractivity contribution in [1.82, 2.24) is 5.06 Å². The summed E-state index contributed by atoms with van der Waals surface area (Å²) in [4.78, 5) is 9.52. The molecular formula is C9H18N2O2. The zero-order valence-electron chi connectivity index (χ0n) is 8.40. The van der Waals surface area contributed by atoms with Crippen LogP contribution in [-0.4, -0.2) is 43.8 Å². The molecule has 0 aliphatic carbocycles. The van der Waals surface area contributed by atoms with E-state index >= 15 is 0 Å². The molecule has 4 heteroatoms. The van der Waals surface area contributed by atoms with Gasteiger partial charge >= 0.3 is 0 Å². The molecule has 1 heterocycles. The van der Waals surface area contributed by atoms with Gasteiger partial charge in [-0.05, 0) is 13.3 Å². The highest BCUT2D eigenvalue weighted by Gasteiger charge is 2.09. The lowest BCUT2D eigenvalue weighted by atomic mass is 10.3. The summed E-state index contributed by atoms with van der Waals surface area (Å²) < 4.78 is 5.18. The summed E-state index contributed by atoms with van der Waals surface area (Å²) in [5, 5.41) is 1.87. The van der Waals surface area contributed by atoms with Crippen LogP contribution in [0, 0.1) is 0 Å². The number of aliphatic imine (C=N–C) groups is 1. The Morgan fingerprint density at radius 2 is 2.23 bits per heavy atom. The minimum atomic E-state index is 0.348. The van der Waals surface area contributed by atoms with Crippen molar-refractivity contribution in [1.29, 1.82) is 0 Å². The molecule has 1 atom stereocenters. The Morgan fingerprint density at radius 1 is 1.54 bits per heavy atom. The summed E-state index contributed by atoms with van der Waals surface area (Å²) in [7, 11) is 0. The largest absolute Gasteiger partial charge is 0.394 e. The van der Waals surface area contributed by atoms with E-state index in [1.807, 2.05) is 5.06 Å². The molecule has 1 saturated heterocycles. The van der Waals surface area contributed by atoms with E-state index in [1.54, 1.807) is 6.40 Å². The Kier molecular flexibility index (Phi) is 4.78. The van der Waals surface area contributed by atoms with Crippen molar-refractivity contribution in [2.45, 2.75) is 26.3 Å². The number of hydrogen-bond acceptors (Lipinski definition) is 4. The van der Waals surface area contributed by atoms with Gasteiger partial charge in [-0.2, -0.15) is 0 Å². The van der Waals surface area contributed by atoms with Gasteiger partial charge in [-0.15, -0.1) is 5.06 Å². The first-order chi connectivity index (χ1) is 6.33. The third kappa shape index (κ3) is 4.24. The average molecular weight is 186 g/mol. The molecule has 0 N–H and O–H groups in total. The second-order valence-corrected chi connectivity index (χ2v) is 3.16. The van der Waals surface area contributed by atoms with Crippen LogP contribution in [0.2, 0.25) is 0 Å². The normalized spacial score (nSPS) is 22.0. The van der Waals surface area contributed by atoms with Gasteiger partial charge in [-0.25, -0.2) is 0 Å². The molecule has 1 unspecified atom stereocenters. The van der Waals surface area contributed by atoms with Gasteiger partial charge in [0, 0.05) is 0 Å². The quantitative estimate of drug-likeness (QED) is 0.486. The molecule has 0 spiro atoms. The number of ether oxygens (including phenoxy) is 1. The standard InChI is InChI=1S/C9H18N2O2/c1-3-9(2)10-8-13-11-4-6-12-7-5-11/h8-9H,3-7H2,1-2H3. The summed E-state index contributed by atoms with van der Waals surface area (Å²) in [5.41, 5.74) is 0. The maximum Gasteiger partial charge on any atom is 0.196 e. The first-order valence-electron chi connectivity index (χ1n) is 4.84. The summed E-state index contributed by atoms with van der Waals surface area (Å²) in [6.07, 6.45) is 2.59. The number of rotatable bonds is 4. The Morgan fingerprint density at radius 3 is 2.85 bits per heavy atom. The lowest BCUT2D eigenvalue weighted by Gasteiger charge is -2.24. The summed E-state index contributed by atoms with van der Waals surface area (Å²) >= 11 is 0. The number of nitrogens with zero attached hydrogens (tertiary/aromatic N) is 2. The van der Waals surface area contributed by atoms with E-state index in [2.05, 4.69) is 18.8 Å². The third-order valence-electron chi connectivity index (χ3n) is 2.07. The zero-order valence-corrected chi connectivity index (χ0v) is 8.40. The Bertz CT molecular complexity index is 156. The first-order valence-corrected chi connectivity index (χ1v) is 4.84. The van der Waals surface area contributed by atoms with Crippen LogP contribution in [0.3, 0.4) is 0 Å². The van der Waals surface area contributed by atoms with E-state index in [-0.39, 0.29) is 0 Å². The van der Waals surface area contributed by atoms with Crippen LogP contribution < -0.4 is 0 Å². The zero-order chi connectivity index (χ0) is 9.52. The first kappa shape index (κ1) is 10.5. The van der Waals surface area contributed by atoms with Crippen LogP contribution in [-0.2, 0) is 9.57 Å². The van der Waals surface area contributed by atoms with E-state index in [1.165, 1.54) is 0 Å². The van der Waals surface area contributed by atoms with Crippen molar-refractivity contribution in [2.24, 2.45) is 4.99 Å². The van der Waals surface area contributed by atoms with E-state index in [0.717, 1.165) is 32.7 Å². The number of morpholine rings is 1. The highest BCUT2D eigenvalue weighted by molar-refractivity contribution is 5.46. The molecule has 0 bridgehead atoms. The monoisotopic (exact) mass is 186 g/mol. The maximum absolute atomic E-state index is 5.32. The highest BCUT2D eigenvalue weighted by atomic mass is 16.7. The molecule has 1 aliphatic heterocycles. The number of hydroxylamine groups is 2. The summed E-state index contributed by atoms with van der Waals surface area (Å²) in [6.45, 7) is 7.32. The lowest BCUT2D eigenvalue weighted by Crippen LogP contribution is -2.35. The maximum atomic E-state index is 5.32. The topological polar surface area (TPSA) is 34.1 Å². The Hall–Kier alpha value is -0.610. The van der Waals surface area contributed by atoms with Crippen molar-refractivity contribution >= 4 is 6.40 Å². The van der Waals surface area contributed by atoms with Crippen molar-refractivity contribution in [3.05, 3.63) is 0 Å². The molecule has 0 aromatic rings. The fourth-order valence-electron chi connectivity index (χ4n) is 0.955. The van der Waals surface area contributed by atoms with Crippen LogP contribution >= 0.6 is 0 Å². The minimum Gasteiger partial charge on any atom is -0.394 e. The van der Waals surface area contributed by atoms with Gasteiger partial charge in [0.25, 0.3) is 0 Å². The van der Waals surface area contributed by atoms with E-state index in [4.69, 9.17) is 9.57 Å². The third-order valence-corrected chi connectivity index (χ3v) is 2.07. The van der Waals surface area contributed by atoms with Gasteiger partial charge < -0.3 is 9.57 Å². The predicted octanol–water partition coefficient (Wildman–Crippen LogP) is 1.08. The van der Waals surface area contributed by atoms with Gasteiger partial charge in [-0.1, -0.05) is 6.92 Å². The van der Waals surface area contributed by atoms with Crippen LogP contribution in [0.5, 0.6) is 0 Å². The molecule has 0 radical (unpaired) electrons. The molecule has 13 heavy (non-hydrogen) atoms. The van der Waals surface area contributed by atoms with Crippen LogP contribution in [0.4, 0.5) is 0 Å². The van der Waals surface area contributed by atoms with Crippen molar-refractivity contribution < 1.29 is 9.57 Å². The summed E-state index contributed by atoms with van der Waals surface area (Å²) in [6, 6.07) is 0.348. The van der Waals surface area contributed by atoms with Crippen molar-refractivity contribution in [3.63, 3.8) is 0 Å². The van der Waals surface area contributed by atoms with E-state index in [0.29, 0.717) is 6.04 Å². The fourth-order valence-corrected chi connectivity index (χ4v) is 0.955. The molecular weight excluding hydrogens is 168 g/mol. The molecule has 76 valence electrons. The van der Waals surface area contributed by atoms with E-state index in [9.17, 15) is 0 Å². The summed E-state index contributed by atoms with van der Waals surface area (Å²) in [5.74, 6) is 0. The second kappa shape index (κ2) is 5.94. The number of hydrogen-bond donors (Lipinski definition) is 0. The molecule has 0 saturated carbocycles. The molecule has 0 amide bonds. The Labute approximate surface area is 79.5 Å². The van der Waals surface area contributed by atoms with Gasteiger partial charge in [-0.3, -0.25) is 4.99 Å². The molecule has 0 aromatic carbocycles. The molecule has 0 aromatic heterocycles. The van der Waals surface area contributed by atoms with Gasteiger partial charge in [0.2, 0.25) is 0 Å². The predicted molar refractivity (Wildman–Crippen MR) is 51.7 cm³/mol. The van der Waals surface area contributed by atoms with Crippen LogP contribution in [0.25, 0.3) is 0 Å². The molecule has 4 nitrogen and oxygen atoms in total. The van der Waals surface area contributed by atoms with E-state index < -0.39 is 0 Å². The van der Waals surface area contributed by atoms with Gasteiger partial charge in [0.05, 0.1) is 32.3 Å². The smallest absolute Gasteiger partial charge is 0.196 e. The molecule has 1 rings (SSSR count). The lowest BCUT2D eigenvalue weighted by molar-refractivity contribution is -0.124. The fraction of sp³-hybridized carbons (Fsp3) is 0.889. The highest BCUT2D eigenvalue weighted by Crippen LogP contribution is 1.97. The average Bonchev–Trinajstić information content (AvgIpc) is 2.19. The van der Waals surface area contributed by atoms with Gasteiger partial charge in [0.15, 0.2) is 6.40 Å². The van der Waals surface area contributed by atoms with Crippen LogP contribution in [0.15, 0.2) is 4.99 Å². The minimum absolute atomic E-state index is 0.348. The second-order valence-electron chi connectivity index (χ2n) is 3.16. The SMILES string of the molecule is CCC(C)N=CON1CCOCC1. The molecule has 1 aliphatic rings.